The highest BCUT2D eigenvalue weighted by Gasteiger charge is 2.17. The molecule has 2 rings (SSSR count). The van der Waals surface area contributed by atoms with Crippen LogP contribution in [0, 0.1) is 15.9 Å². The van der Waals surface area contributed by atoms with E-state index in [2.05, 4.69) is 5.32 Å². The molecule has 1 N–H and O–H groups in total. The van der Waals surface area contributed by atoms with Crippen molar-refractivity contribution in [2.75, 3.05) is 26.0 Å². The van der Waals surface area contributed by atoms with Gasteiger partial charge in [-0.25, -0.2) is 4.39 Å². The monoisotopic (exact) mass is 381 g/mol. The molecule has 0 radical (unpaired) electrons. The molecule has 0 unspecified atom stereocenters. The maximum absolute atomic E-state index is 13.7. The topological polar surface area (TPSA) is 84.7 Å². The van der Waals surface area contributed by atoms with Crippen molar-refractivity contribution in [3.8, 4) is 5.75 Å². The number of ether oxygens (including phenoxy) is 1. The number of nitro groups is 1. The van der Waals surface area contributed by atoms with Crippen LogP contribution in [0.15, 0.2) is 36.4 Å². The molecule has 2 aromatic rings. The van der Waals surface area contributed by atoms with Crippen molar-refractivity contribution in [2.24, 2.45) is 0 Å². The highest BCUT2D eigenvalue weighted by atomic mass is 35.5. The summed E-state index contributed by atoms with van der Waals surface area (Å²) in [6, 6.07) is 8.44. The van der Waals surface area contributed by atoms with E-state index in [0.29, 0.717) is 12.1 Å². The second-order valence-corrected chi connectivity index (χ2v) is 6.04. The van der Waals surface area contributed by atoms with E-state index in [0.717, 1.165) is 0 Å². The van der Waals surface area contributed by atoms with Crippen molar-refractivity contribution < 1.29 is 18.8 Å². The fraction of sp³-hybridized carbons (Fsp3) is 0.235. The van der Waals surface area contributed by atoms with Crippen molar-refractivity contribution in [3.63, 3.8) is 0 Å². The van der Waals surface area contributed by atoms with E-state index >= 15 is 0 Å². The maximum Gasteiger partial charge on any atom is 0.292 e. The number of likely N-dealkylation sites (N-methyl/N-ethyl adjacent to an activating group) is 1. The summed E-state index contributed by atoms with van der Waals surface area (Å²) >= 11 is 5.83. The maximum atomic E-state index is 13.7. The molecule has 0 saturated heterocycles. The first-order chi connectivity index (χ1) is 12.3. The van der Waals surface area contributed by atoms with Crippen molar-refractivity contribution in [2.45, 2.75) is 6.54 Å². The van der Waals surface area contributed by atoms with Gasteiger partial charge in [0, 0.05) is 17.6 Å². The number of hydrogen-bond acceptors (Lipinski definition) is 5. The Morgan fingerprint density at radius 1 is 1.35 bits per heavy atom. The summed E-state index contributed by atoms with van der Waals surface area (Å²) in [5, 5.41) is 13.8. The van der Waals surface area contributed by atoms with E-state index < -0.39 is 16.6 Å². The van der Waals surface area contributed by atoms with Crippen LogP contribution in [0.25, 0.3) is 0 Å². The van der Waals surface area contributed by atoms with Crippen LogP contribution >= 0.6 is 11.6 Å². The number of nitrogens with one attached hydrogen (secondary N) is 1. The number of carbonyl (C=O) groups is 1. The number of rotatable bonds is 7. The lowest BCUT2D eigenvalue weighted by Crippen LogP contribution is -2.30. The van der Waals surface area contributed by atoms with E-state index in [1.54, 1.807) is 18.0 Å². The lowest BCUT2D eigenvalue weighted by molar-refractivity contribution is -0.383. The van der Waals surface area contributed by atoms with Crippen LogP contribution < -0.4 is 10.1 Å². The van der Waals surface area contributed by atoms with Gasteiger partial charge in [0.15, 0.2) is 11.6 Å². The van der Waals surface area contributed by atoms with E-state index in [-0.39, 0.29) is 28.7 Å². The molecule has 0 aliphatic heterocycles. The Hall–Kier alpha value is -2.71. The second-order valence-electron chi connectivity index (χ2n) is 5.61. The summed E-state index contributed by atoms with van der Waals surface area (Å²) < 4.78 is 18.6. The molecule has 0 saturated carbocycles. The minimum atomic E-state index is -0.601. The normalized spacial score (nSPS) is 10.7. The van der Waals surface area contributed by atoms with E-state index in [9.17, 15) is 19.3 Å². The van der Waals surface area contributed by atoms with Crippen LogP contribution in [-0.4, -0.2) is 36.4 Å². The Morgan fingerprint density at radius 2 is 2.08 bits per heavy atom. The van der Waals surface area contributed by atoms with E-state index in [4.69, 9.17) is 16.3 Å². The van der Waals surface area contributed by atoms with Crippen LogP contribution in [-0.2, 0) is 11.3 Å². The smallest absolute Gasteiger partial charge is 0.292 e. The predicted molar refractivity (Wildman–Crippen MR) is 96.0 cm³/mol. The minimum absolute atomic E-state index is 0.0244. The van der Waals surface area contributed by atoms with Crippen molar-refractivity contribution in [3.05, 3.63) is 62.9 Å². The van der Waals surface area contributed by atoms with Gasteiger partial charge in [0.1, 0.15) is 5.69 Å². The third-order valence-corrected chi connectivity index (χ3v) is 3.75. The zero-order chi connectivity index (χ0) is 19.3. The fourth-order valence-electron chi connectivity index (χ4n) is 2.38. The Morgan fingerprint density at radius 3 is 2.69 bits per heavy atom. The zero-order valence-electron chi connectivity index (χ0n) is 14.2. The number of hydrogen-bond donors (Lipinski definition) is 1. The lowest BCUT2D eigenvalue weighted by atomic mass is 10.2. The Balaban J connectivity index is 2.00. The molecular weight excluding hydrogens is 365 g/mol. The third-order valence-electron chi connectivity index (χ3n) is 3.51. The Bertz CT molecular complexity index is 832. The van der Waals surface area contributed by atoms with Gasteiger partial charge >= 0.3 is 0 Å². The summed E-state index contributed by atoms with van der Waals surface area (Å²) in [5.74, 6) is -0.799. The highest BCUT2D eigenvalue weighted by Crippen LogP contribution is 2.27. The molecule has 138 valence electrons. The van der Waals surface area contributed by atoms with Gasteiger partial charge in [-0.15, -0.1) is 0 Å². The highest BCUT2D eigenvalue weighted by molar-refractivity contribution is 6.31. The predicted octanol–water partition coefficient (Wildman–Crippen LogP) is 3.47. The Labute approximate surface area is 154 Å². The minimum Gasteiger partial charge on any atom is -0.494 e. The molecule has 0 spiro atoms. The van der Waals surface area contributed by atoms with Crippen molar-refractivity contribution >= 4 is 28.9 Å². The summed E-state index contributed by atoms with van der Waals surface area (Å²) in [6.07, 6.45) is 0. The quantitative estimate of drug-likeness (QED) is 0.586. The zero-order valence-corrected chi connectivity index (χ0v) is 14.9. The van der Waals surface area contributed by atoms with E-state index in [1.807, 2.05) is 0 Å². The summed E-state index contributed by atoms with van der Waals surface area (Å²) in [5.41, 5.74) is 0.436. The lowest BCUT2D eigenvalue weighted by Gasteiger charge is -2.17. The van der Waals surface area contributed by atoms with Gasteiger partial charge in [0.05, 0.1) is 18.6 Å². The Kier molecular flexibility index (Phi) is 6.48. The molecule has 1 amide bonds. The van der Waals surface area contributed by atoms with Gasteiger partial charge in [0.2, 0.25) is 5.91 Å². The number of methoxy groups -OCH3 is 1. The molecule has 7 nitrogen and oxygen atoms in total. The number of halogens is 2. The molecule has 0 fully saturated rings. The molecule has 0 atom stereocenters. The first-order valence-corrected chi connectivity index (χ1v) is 7.92. The van der Waals surface area contributed by atoms with Crippen LogP contribution in [0.5, 0.6) is 5.75 Å². The van der Waals surface area contributed by atoms with Crippen molar-refractivity contribution in [1.82, 2.24) is 4.90 Å². The molecule has 0 aliphatic rings. The standard InChI is InChI=1S/C17H17ClFN3O4/c1-21(9-11-3-6-16(26-2)13(19)7-11)10-17(23)20-14-8-12(18)4-5-15(14)22(24)25/h3-8H,9-10H2,1-2H3,(H,20,23). The molecule has 0 heterocycles. The number of anilines is 1. The first-order valence-electron chi connectivity index (χ1n) is 7.55. The summed E-state index contributed by atoms with van der Waals surface area (Å²) in [7, 11) is 3.05. The molecule has 0 aromatic heterocycles. The molecule has 0 bridgehead atoms. The van der Waals surface area contributed by atoms with Gasteiger partial charge < -0.3 is 10.1 Å². The largest absolute Gasteiger partial charge is 0.494 e. The number of nitrogens with zero attached hydrogens (tertiary/aromatic N) is 2. The average Bonchev–Trinajstić information content (AvgIpc) is 2.54. The number of amides is 1. The molecular formula is C17H17ClFN3O4. The van der Waals surface area contributed by atoms with Gasteiger partial charge in [-0.2, -0.15) is 0 Å². The van der Waals surface area contributed by atoms with Gasteiger partial charge in [-0.05, 0) is 36.9 Å². The molecule has 2 aromatic carbocycles. The third kappa shape index (κ3) is 5.14. The second kappa shape index (κ2) is 8.59. The van der Waals surface area contributed by atoms with Gasteiger partial charge in [0.25, 0.3) is 5.69 Å². The SMILES string of the molecule is COc1ccc(CN(C)CC(=O)Nc2cc(Cl)ccc2[N+](=O)[O-])cc1F. The number of nitro benzene ring substituents is 1. The number of carbonyl (C=O) groups excluding carboxylic acids is 1. The van der Waals surface area contributed by atoms with Gasteiger partial charge in [-0.1, -0.05) is 17.7 Å². The molecule has 0 aliphatic carbocycles. The fourth-order valence-corrected chi connectivity index (χ4v) is 2.55. The van der Waals surface area contributed by atoms with Crippen LogP contribution in [0.3, 0.4) is 0 Å². The van der Waals surface area contributed by atoms with Gasteiger partial charge in [-0.3, -0.25) is 19.8 Å². The van der Waals surface area contributed by atoms with Crippen LogP contribution in [0.4, 0.5) is 15.8 Å². The van der Waals surface area contributed by atoms with Crippen molar-refractivity contribution in [1.29, 1.82) is 0 Å². The number of benzene rings is 2. The van der Waals surface area contributed by atoms with E-state index in [1.165, 1.54) is 37.4 Å². The van der Waals surface area contributed by atoms with Crippen LogP contribution in [0.2, 0.25) is 5.02 Å². The first kappa shape index (κ1) is 19.6. The molecule has 26 heavy (non-hydrogen) atoms. The summed E-state index contributed by atoms with van der Waals surface area (Å²) in [4.78, 5) is 24.2. The summed E-state index contributed by atoms with van der Waals surface area (Å²) in [6.45, 7) is 0.267. The average molecular weight is 382 g/mol. The molecule has 9 heteroatoms. The van der Waals surface area contributed by atoms with Crippen LogP contribution in [0.1, 0.15) is 5.56 Å².